The Morgan fingerprint density at radius 2 is 1.88 bits per heavy atom. The molecule has 0 aliphatic heterocycles. The maximum Gasteiger partial charge on any atom is 1.00 e. The molecule has 0 saturated carbocycles. The Morgan fingerprint density at radius 3 is 2.25 bits per heavy atom. The van der Waals surface area contributed by atoms with E-state index < -0.39 is 0 Å². The van der Waals surface area contributed by atoms with Crippen LogP contribution in [0.3, 0.4) is 0 Å². The van der Waals surface area contributed by atoms with E-state index in [0.717, 1.165) is 6.54 Å². The van der Waals surface area contributed by atoms with Crippen molar-refractivity contribution in [3.8, 4) is 0 Å². The average Bonchev–Trinajstić information content (AvgIpc) is 1.69. The smallest absolute Gasteiger partial charge is 1.00 e. The Balaban J connectivity index is -0.000000180. The second kappa shape index (κ2) is 10.5. The quantitative estimate of drug-likeness (QED) is 0.350. The average molecular weight is 109 g/mol. The van der Waals surface area contributed by atoms with Gasteiger partial charge in [0.2, 0.25) is 0 Å². The van der Waals surface area contributed by atoms with Crippen LogP contribution in [0.2, 0.25) is 0 Å². The van der Waals surface area contributed by atoms with E-state index in [4.69, 9.17) is 5.73 Å². The fraction of sp³-hybridized carbons (Fsp3) is 1.00. The van der Waals surface area contributed by atoms with Gasteiger partial charge in [-0.25, -0.2) is 0 Å². The first-order valence-electron chi connectivity index (χ1n) is 3.12. The van der Waals surface area contributed by atoms with E-state index in [1.54, 1.807) is 0 Å². The van der Waals surface area contributed by atoms with Crippen molar-refractivity contribution in [1.82, 2.24) is 0 Å². The third-order valence-electron chi connectivity index (χ3n) is 1.06. The fourth-order valence-corrected chi connectivity index (χ4v) is 0.571. The minimum absolute atomic E-state index is 0. The first kappa shape index (κ1) is 11.4. The van der Waals surface area contributed by atoms with Gasteiger partial charge in [-0.15, -0.1) is 0 Å². The number of unbranched alkanes of at least 4 members (excludes halogenated alkanes) is 3. The zero-order valence-corrected chi connectivity index (χ0v) is 6.11. The Morgan fingerprint density at radius 1 is 1.25 bits per heavy atom. The standard InChI is InChI=1S/C6H15N.Li.H/c1-2-3-4-5-6-7;;/h2-7H2,1H3;;/q;+1;-1. The first-order valence-corrected chi connectivity index (χ1v) is 3.12. The van der Waals surface area contributed by atoms with Crippen molar-refractivity contribution >= 4 is 0 Å². The molecule has 1 nitrogen and oxygen atoms in total. The Kier molecular flexibility index (Phi) is 14.9. The molecule has 0 aromatic heterocycles. The predicted octanol–water partition coefficient (Wildman–Crippen LogP) is -1.36. The summed E-state index contributed by atoms with van der Waals surface area (Å²) in [6.07, 6.45) is 5.16. The van der Waals surface area contributed by atoms with E-state index >= 15 is 0 Å². The van der Waals surface area contributed by atoms with E-state index in [2.05, 4.69) is 6.92 Å². The third-order valence-corrected chi connectivity index (χ3v) is 1.06. The van der Waals surface area contributed by atoms with Crippen LogP contribution in [0.1, 0.15) is 34.0 Å². The monoisotopic (exact) mass is 109 g/mol. The molecule has 0 saturated heterocycles. The molecule has 46 valence electrons. The van der Waals surface area contributed by atoms with Crippen LogP contribution >= 0.6 is 0 Å². The molecule has 2 N–H and O–H groups in total. The van der Waals surface area contributed by atoms with Crippen LogP contribution in [0.15, 0.2) is 0 Å². The van der Waals surface area contributed by atoms with Crippen LogP contribution in [0.4, 0.5) is 0 Å². The summed E-state index contributed by atoms with van der Waals surface area (Å²) in [6.45, 7) is 3.07. The zero-order valence-electron chi connectivity index (χ0n) is 7.11. The van der Waals surface area contributed by atoms with E-state index in [1.807, 2.05) is 0 Å². The molecule has 0 aromatic rings. The van der Waals surface area contributed by atoms with Gasteiger partial charge in [0.05, 0.1) is 0 Å². The van der Waals surface area contributed by atoms with Gasteiger partial charge in [0, 0.05) is 0 Å². The summed E-state index contributed by atoms with van der Waals surface area (Å²) in [5.74, 6) is 0. The first-order chi connectivity index (χ1) is 3.41. The van der Waals surface area contributed by atoms with Crippen molar-refractivity contribution in [2.24, 2.45) is 5.73 Å². The number of nitrogens with two attached hydrogens (primary N) is 1. The van der Waals surface area contributed by atoms with Gasteiger partial charge < -0.3 is 7.16 Å². The second-order valence-electron chi connectivity index (χ2n) is 1.85. The third kappa shape index (κ3) is 9.75. The van der Waals surface area contributed by atoms with Crippen LogP contribution in [-0.2, 0) is 0 Å². The summed E-state index contributed by atoms with van der Waals surface area (Å²) in [5.41, 5.74) is 5.27. The molecule has 0 spiro atoms. The van der Waals surface area contributed by atoms with E-state index in [1.165, 1.54) is 25.7 Å². The molecule has 0 heterocycles. The molecule has 0 aromatic carbocycles. The molecule has 0 amide bonds. The minimum atomic E-state index is 0. The summed E-state index contributed by atoms with van der Waals surface area (Å²) >= 11 is 0. The van der Waals surface area contributed by atoms with Crippen LogP contribution in [0.25, 0.3) is 0 Å². The number of hydrogen-bond acceptors (Lipinski definition) is 1. The van der Waals surface area contributed by atoms with Gasteiger partial charge in [0.25, 0.3) is 0 Å². The Labute approximate surface area is 65.7 Å². The molecule has 0 atom stereocenters. The molecule has 8 heavy (non-hydrogen) atoms. The van der Waals surface area contributed by atoms with Crippen LogP contribution < -0.4 is 24.6 Å². The molecule has 0 aliphatic rings. The molecule has 0 rings (SSSR count). The summed E-state index contributed by atoms with van der Waals surface area (Å²) in [4.78, 5) is 0. The van der Waals surface area contributed by atoms with Gasteiger partial charge in [-0.2, -0.15) is 0 Å². The van der Waals surface area contributed by atoms with Gasteiger partial charge >= 0.3 is 18.9 Å². The number of rotatable bonds is 4. The van der Waals surface area contributed by atoms with Crippen molar-refractivity contribution in [3.05, 3.63) is 0 Å². The van der Waals surface area contributed by atoms with Gasteiger partial charge in [-0.05, 0) is 13.0 Å². The van der Waals surface area contributed by atoms with E-state index in [-0.39, 0.29) is 20.3 Å². The van der Waals surface area contributed by atoms with Crippen molar-refractivity contribution in [2.75, 3.05) is 6.54 Å². The molecule has 0 unspecified atom stereocenters. The number of hydrogen-bond donors (Lipinski definition) is 1. The normalized spacial score (nSPS) is 8.25. The van der Waals surface area contributed by atoms with Crippen molar-refractivity contribution < 1.29 is 20.3 Å². The predicted molar refractivity (Wildman–Crippen MR) is 34.3 cm³/mol. The van der Waals surface area contributed by atoms with Gasteiger partial charge in [0.1, 0.15) is 0 Å². The van der Waals surface area contributed by atoms with Gasteiger partial charge in [0.15, 0.2) is 0 Å². The zero-order chi connectivity index (χ0) is 5.54. The van der Waals surface area contributed by atoms with Gasteiger partial charge in [-0.1, -0.05) is 26.2 Å². The Bertz CT molecular complexity index is 32.2. The molecule has 0 bridgehead atoms. The maximum absolute atomic E-state index is 5.27. The second-order valence-corrected chi connectivity index (χ2v) is 1.85. The largest absolute Gasteiger partial charge is 1.00 e. The summed E-state index contributed by atoms with van der Waals surface area (Å²) < 4.78 is 0. The minimum Gasteiger partial charge on any atom is -1.00 e. The molecule has 0 fully saturated rings. The molecule has 0 aliphatic carbocycles. The van der Waals surface area contributed by atoms with Crippen LogP contribution in [-0.4, -0.2) is 6.54 Å². The molecular formula is C6H16LiN. The summed E-state index contributed by atoms with van der Waals surface area (Å²) in [7, 11) is 0. The van der Waals surface area contributed by atoms with Crippen molar-refractivity contribution in [2.45, 2.75) is 32.6 Å². The van der Waals surface area contributed by atoms with Gasteiger partial charge in [-0.3, -0.25) is 0 Å². The van der Waals surface area contributed by atoms with E-state index in [0.29, 0.717) is 0 Å². The molecule has 2 heteroatoms. The summed E-state index contributed by atoms with van der Waals surface area (Å²) in [5, 5.41) is 0. The van der Waals surface area contributed by atoms with Crippen molar-refractivity contribution in [1.29, 1.82) is 0 Å². The Hall–Kier alpha value is 0.557. The molecular weight excluding hydrogens is 93.0 g/mol. The molecule has 0 radical (unpaired) electrons. The van der Waals surface area contributed by atoms with Crippen molar-refractivity contribution in [3.63, 3.8) is 0 Å². The topological polar surface area (TPSA) is 26.0 Å². The maximum atomic E-state index is 5.27. The summed E-state index contributed by atoms with van der Waals surface area (Å²) in [6, 6.07) is 0. The van der Waals surface area contributed by atoms with E-state index in [9.17, 15) is 0 Å². The fourth-order valence-electron chi connectivity index (χ4n) is 0.571. The van der Waals surface area contributed by atoms with Crippen LogP contribution in [0.5, 0.6) is 0 Å². The van der Waals surface area contributed by atoms with Crippen LogP contribution in [0, 0.1) is 0 Å². The SMILES string of the molecule is CCCCCCN.[H-].[Li+].